The molecule has 0 aromatic heterocycles. The summed E-state index contributed by atoms with van der Waals surface area (Å²) in [5.74, 6) is -0.167. The molecule has 1 fully saturated rings. The van der Waals surface area contributed by atoms with Crippen LogP contribution < -0.4 is 9.47 Å². The third kappa shape index (κ3) is 3.67. The van der Waals surface area contributed by atoms with Crippen LogP contribution in [-0.4, -0.2) is 61.9 Å². The van der Waals surface area contributed by atoms with Crippen LogP contribution in [0.4, 0.5) is 0 Å². The SMILES string of the molecule is COc1ccc(OC)c(C(=O)N2CCOC(CC(=O)O)C2)c1. The van der Waals surface area contributed by atoms with E-state index in [1.807, 2.05) is 0 Å². The van der Waals surface area contributed by atoms with Crippen LogP contribution in [0.3, 0.4) is 0 Å². The highest BCUT2D eigenvalue weighted by atomic mass is 16.5. The highest BCUT2D eigenvalue weighted by molar-refractivity contribution is 5.97. The average Bonchev–Trinajstić information content (AvgIpc) is 2.53. The van der Waals surface area contributed by atoms with Crippen LogP contribution in [-0.2, 0) is 9.53 Å². The number of benzene rings is 1. The number of aliphatic carboxylic acids is 1. The summed E-state index contributed by atoms with van der Waals surface area (Å²) in [6.45, 7) is 0.969. The number of nitrogens with zero attached hydrogens (tertiary/aromatic N) is 1. The van der Waals surface area contributed by atoms with Crippen LogP contribution in [0.1, 0.15) is 16.8 Å². The Kier molecular flexibility index (Phi) is 5.21. The normalized spacial score (nSPS) is 17.9. The van der Waals surface area contributed by atoms with Crippen LogP contribution in [0.25, 0.3) is 0 Å². The van der Waals surface area contributed by atoms with Gasteiger partial charge in [0.1, 0.15) is 11.5 Å². The van der Waals surface area contributed by atoms with Crippen LogP contribution in [0.15, 0.2) is 18.2 Å². The molecule has 7 heteroatoms. The first-order chi connectivity index (χ1) is 10.5. The van der Waals surface area contributed by atoms with Crippen LogP contribution in [0, 0.1) is 0 Å². The summed E-state index contributed by atoms with van der Waals surface area (Å²) in [4.78, 5) is 25.0. The Labute approximate surface area is 128 Å². The van der Waals surface area contributed by atoms with Crippen molar-refractivity contribution in [2.75, 3.05) is 33.9 Å². The predicted octanol–water partition coefficient (Wildman–Crippen LogP) is 1.02. The molecule has 1 aromatic carbocycles. The molecular weight excluding hydrogens is 290 g/mol. The van der Waals surface area contributed by atoms with Crippen LogP contribution in [0.2, 0.25) is 0 Å². The van der Waals surface area contributed by atoms with Crippen LogP contribution in [0.5, 0.6) is 11.5 Å². The quantitative estimate of drug-likeness (QED) is 0.874. The van der Waals surface area contributed by atoms with E-state index in [1.165, 1.54) is 14.2 Å². The molecule has 1 amide bonds. The third-order valence-electron chi connectivity index (χ3n) is 3.47. The molecule has 0 bridgehead atoms. The first-order valence-corrected chi connectivity index (χ1v) is 6.90. The summed E-state index contributed by atoms with van der Waals surface area (Å²) < 4.78 is 15.7. The first kappa shape index (κ1) is 16.1. The van der Waals surface area contributed by atoms with E-state index in [4.69, 9.17) is 19.3 Å². The van der Waals surface area contributed by atoms with Crippen molar-refractivity contribution in [3.63, 3.8) is 0 Å². The molecule has 22 heavy (non-hydrogen) atoms. The molecule has 1 atom stereocenters. The second kappa shape index (κ2) is 7.13. The third-order valence-corrected chi connectivity index (χ3v) is 3.47. The molecule has 1 heterocycles. The molecule has 1 aliphatic heterocycles. The summed E-state index contributed by atoms with van der Waals surface area (Å²) in [5, 5.41) is 8.84. The molecule has 1 N–H and O–H groups in total. The minimum atomic E-state index is -0.946. The Morgan fingerprint density at radius 3 is 2.77 bits per heavy atom. The highest BCUT2D eigenvalue weighted by Crippen LogP contribution is 2.26. The number of carbonyl (C=O) groups is 2. The second-order valence-corrected chi connectivity index (χ2v) is 4.91. The number of carboxylic acids is 1. The minimum Gasteiger partial charge on any atom is -0.497 e. The molecule has 0 saturated carbocycles. The molecular formula is C15H19NO6. The van der Waals surface area contributed by atoms with Crippen molar-refractivity contribution in [2.24, 2.45) is 0 Å². The number of carboxylic acid groups (broad SMARTS) is 1. The molecule has 7 nitrogen and oxygen atoms in total. The monoisotopic (exact) mass is 309 g/mol. The second-order valence-electron chi connectivity index (χ2n) is 4.91. The van der Waals surface area contributed by atoms with Gasteiger partial charge >= 0.3 is 5.97 Å². The summed E-state index contributed by atoms with van der Waals surface area (Å²) in [6.07, 6.45) is -0.620. The van der Waals surface area contributed by atoms with Gasteiger partial charge in [-0.05, 0) is 18.2 Å². The first-order valence-electron chi connectivity index (χ1n) is 6.90. The molecule has 2 rings (SSSR count). The predicted molar refractivity (Wildman–Crippen MR) is 77.4 cm³/mol. The Morgan fingerprint density at radius 2 is 2.14 bits per heavy atom. The van der Waals surface area contributed by atoms with Gasteiger partial charge in [0.15, 0.2) is 0 Å². The fraction of sp³-hybridized carbons (Fsp3) is 0.467. The van der Waals surface area contributed by atoms with Crippen molar-refractivity contribution < 1.29 is 28.9 Å². The van der Waals surface area contributed by atoms with Crippen molar-refractivity contribution in [1.82, 2.24) is 4.90 Å². The molecule has 0 aliphatic carbocycles. The smallest absolute Gasteiger partial charge is 0.306 e. The van der Waals surface area contributed by atoms with Gasteiger partial charge in [-0.2, -0.15) is 0 Å². The molecule has 0 radical (unpaired) electrons. The number of methoxy groups -OCH3 is 2. The summed E-state index contributed by atoms with van der Waals surface area (Å²) in [6, 6.07) is 4.99. The fourth-order valence-electron chi connectivity index (χ4n) is 2.37. The van der Waals surface area contributed by atoms with E-state index in [2.05, 4.69) is 0 Å². The van der Waals surface area contributed by atoms with Gasteiger partial charge in [0.2, 0.25) is 0 Å². The van der Waals surface area contributed by atoms with Gasteiger partial charge in [-0.1, -0.05) is 0 Å². The maximum Gasteiger partial charge on any atom is 0.306 e. The van der Waals surface area contributed by atoms with Crippen molar-refractivity contribution in [2.45, 2.75) is 12.5 Å². The standard InChI is InChI=1S/C15H19NO6/c1-20-10-3-4-13(21-2)12(7-10)15(19)16-5-6-22-11(9-16)8-14(17)18/h3-4,7,11H,5-6,8-9H2,1-2H3,(H,17,18). The van der Waals surface area contributed by atoms with E-state index >= 15 is 0 Å². The van der Waals surface area contributed by atoms with Gasteiger partial charge in [-0.3, -0.25) is 9.59 Å². The Balaban J connectivity index is 2.18. The van der Waals surface area contributed by atoms with Gasteiger partial charge in [0.05, 0.1) is 38.9 Å². The van der Waals surface area contributed by atoms with E-state index in [9.17, 15) is 9.59 Å². The number of ether oxygens (including phenoxy) is 3. The van der Waals surface area contributed by atoms with Gasteiger partial charge < -0.3 is 24.2 Å². The van der Waals surface area contributed by atoms with Crippen molar-refractivity contribution in [1.29, 1.82) is 0 Å². The summed E-state index contributed by atoms with van der Waals surface area (Å²) in [7, 11) is 3.01. The topological polar surface area (TPSA) is 85.3 Å². The zero-order valence-electron chi connectivity index (χ0n) is 12.6. The van der Waals surface area contributed by atoms with Crippen molar-refractivity contribution in [3.8, 4) is 11.5 Å². The number of hydrogen-bond donors (Lipinski definition) is 1. The van der Waals surface area contributed by atoms with Crippen molar-refractivity contribution >= 4 is 11.9 Å². The molecule has 120 valence electrons. The van der Waals surface area contributed by atoms with E-state index in [0.717, 1.165) is 0 Å². The molecule has 0 spiro atoms. The largest absolute Gasteiger partial charge is 0.497 e. The zero-order valence-corrected chi connectivity index (χ0v) is 12.6. The lowest BCUT2D eigenvalue weighted by Gasteiger charge is -2.32. The number of morpholine rings is 1. The van der Waals surface area contributed by atoms with E-state index in [1.54, 1.807) is 23.1 Å². The number of carbonyl (C=O) groups excluding carboxylic acids is 1. The van der Waals surface area contributed by atoms with Crippen LogP contribution >= 0.6 is 0 Å². The zero-order chi connectivity index (χ0) is 16.1. The summed E-state index contributed by atoms with van der Waals surface area (Å²) >= 11 is 0. The Morgan fingerprint density at radius 1 is 1.36 bits per heavy atom. The highest BCUT2D eigenvalue weighted by Gasteiger charge is 2.28. The minimum absolute atomic E-state index is 0.126. The average molecular weight is 309 g/mol. The van der Waals surface area contributed by atoms with Gasteiger partial charge in [-0.25, -0.2) is 0 Å². The van der Waals surface area contributed by atoms with Gasteiger partial charge in [0, 0.05) is 13.1 Å². The molecule has 1 aromatic rings. The maximum absolute atomic E-state index is 12.7. The number of rotatable bonds is 5. The lowest BCUT2D eigenvalue weighted by molar-refractivity contribution is -0.141. The van der Waals surface area contributed by atoms with Gasteiger partial charge in [-0.15, -0.1) is 0 Å². The number of hydrogen-bond acceptors (Lipinski definition) is 5. The summed E-state index contributed by atoms with van der Waals surface area (Å²) in [5.41, 5.74) is 0.387. The van der Waals surface area contributed by atoms with Gasteiger partial charge in [0.25, 0.3) is 5.91 Å². The lowest BCUT2D eigenvalue weighted by Crippen LogP contribution is -2.46. The van der Waals surface area contributed by atoms with E-state index < -0.39 is 12.1 Å². The number of amides is 1. The Hall–Kier alpha value is -2.28. The molecule has 1 saturated heterocycles. The fourth-order valence-corrected chi connectivity index (χ4v) is 2.37. The van der Waals surface area contributed by atoms with Crippen molar-refractivity contribution in [3.05, 3.63) is 23.8 Å². The maximum atomic E-state index is 12.7. The van der Waals surface area contributed by atoms with E-state index in [0.29, 0.717) is 30.2 Å². The Bertz CT molecular complexity index is 559. The molecule has 1 unspecified atom stereocenters. The lowest BCUT2D eigenvalue weighted by atomic mass is 10.1. The molecule has 1 aliphatic rings. The van der Waals surface area contributed by atoms with E-state index in [-0.39, 0.29) is 18.9 Å².